The molecule has 3 aromatic carbocycles. The predicted octanol–water partition coefficient (Wildman–Crippen LogP) is 7.68. The molecule has 0 atom stereocenters. The quantitative estimate of drug-likeness (QED) is 0.288. The van der Waals surface area contributed by atoms with Gasteiger partial charge in [-0.1, -0.05) is 18.2 Å². The van der Waals surface area contributed by atoms with Gasteiger partial charge in [-0.05, 0) is 80.4 Å². The van der Waals surface area contributed by atoms with Crippen LogP contribution in [0.15, 0.2) is 72.9 Å². The molecular formula is C26H24F3N3O2. The first-order valence-electron chi connectivity index (χ1n) is 10.6. The third-order valence-electron chi connectivity index (χ3n) is 5.01. The molecule has 2 amide bonds. The average molecular weight is 467 g/mol. The number of aromatic amines is 1. The number of carbonyl (C=O) groups excluding carboxylic acids is 1. The van der Waals surface area contributed by atoms with Crippen molar-refractivity contribution in [2.75, 3.05) is 10.6 Å². The zero-order chi connectivity index (χ0) is 24.5. The zero-order valence-electron chi connectivity index (χ0n) is 18.9. The third kappa shape index (κ3) is 5.51. The summed E-state index contributed by atoms with van der Waals surface area (Å²) in [6, 6.07) is 17.3. The molecule has 34 heavy (non-hydrogen) atoms. The van der Waals surface area contributed by atoms with Gasteiger partial charge in [0.1, 0.15) is 11.4 Å². The van der Waals surface area contributed by atoms with Crippen LogP contribution < -0.4 is 15.4 Å². The van der Waals surface area contributed by atoms with Gasteiger partial charge in [-0.25, -0.2) is 4.79 Å². The molecule has 4 aromatic rings. The first kappa shape index (κ1) is 23.2. The number of benzene rings is 3. The molecule has 0 aliphatic rings. The molecule has 4 rings (SSSR count). The van der Waals surface area contributed by atoms with Crippen molar-refractivity contribution in [1.82, 2.24) is 4.98 Å². The van der Waals surface area contributed by atoms with Crippen LogP contribution in [0.1, 0.15) is 26.3 Å². The maximum absolute atomic E-state index is 12.7. The summed E-state index contributed by atoms with van der Waals surface area (Å²) in [6.45, 7) is 5.97. The molecule has 0 unspecified atom stereocenters. The number of alkyl halides is 3. The van der Waals surface area contributed by atoms with E-state index in [1.54, 1.807) is 6.20 Å². The second kappa shape index (κ2) is 8.78. The summed E-state index contributed by atoms with van der Waals surface area (Å²) in [6.07, 6.45) is -2.76. The third-order valence-corrected chi connectivity index (χ3v) is 5.01. The molecule has 1 heterocycles. The summed E-state index contributed by atoms with van der Waals surface area (Å²) in [5.41, 5.74) is 2.53. The van der Waals surface area contributed by atoms with E-state index in [0.717, 1.165) is 39.9 Å². The van der Waals surface area contributed by atoms with E-state index in [-0.39, 0.29) is 11.3 Å². The smallest absolute Gasteiger partial charge is 0.416 e. The minimum Gasteiger partial charge on any atom is -0.488 e. The fraction of sp³-hybridized carbons (Fsp3) is 0.192. The molecule has 5 nitrogen and oxygen atoms in total. The van der Waals surface area contributed by atoms with Gasteiger partial charge in [0.25, 0.3) is 0 Å². The number of anilines is 2. The number of carbonyl (C=O) groups is 1. The summed E-state index contributed by atoms with van der Waals surface area (Å²) in [4.78, 5) is 15.5. The van der Waals surface area contributed by atoms with Crippen LogP contribution >= 0.6 is 0 Å². The number of amides is 2. The van der Waals surface area contributed by atoms with Crippen LogP contribution in [0.2, 0.25) is 0 Å². The number of hydrogen-bond acceptors (Lipinski definition) is 2. The Bertz CT molecular complexity index is 1300. The Kier molecular flexibility index (Phi) is 6.00. The Morgan fingerprint density at radius 1 is 0.853 bits per heavy atom. The SMILES string of the molecule is CC(C)(C)Oc1ccc(-c2ccc3[nH]cc(NC(=O)Nc4ccc(C(F)(F)F)cc4)c3c2)cc1. The number of urea groups is 1. The maximum Gasteiger partial charge on any atom is 0.416 e. The molecule has 1 aromatic heterocycles. The molecule has 0 aliphatic heterocycles. The van der Waals surface area contributed by atoms with Crippen molar-refractivity contribution in [2.24, 2.45) is 0 Å². The topological polar surface area (TPSA) is 66.1 Å². The fourth-order valence-electron chi connectivity index (χ4n) is 3.50. The number of aromatic nitrogens is 1. The van der Waals surface area contributed by atoms with E-state index in [2.05, 4.69) is 15.6 Å². The lowest BCUT2D eigenvalue weighted by molar-refractivity contribution is -0.137. The summed E-state index contributed by atoms with van der Waals surface area (Å²) < 4.78 is 44.0. The molecule has 0 aliphatic carbocycles. The van der Waals surface area contributed by atoms with Gasteiger partial charge in [-0.3, -0.25) is 0 Å². The number of rotatable bonds is 4. The zero-order valence-corrected chi connectivity index (χ0v) is 18.9. The second-order valence-electron chi connectivity index (χ2n) is 8.86. The Morgan fingerprint density at radius 3 is 2.12 bits per heavy atom. The van der Waals surface area contributed by atoms with Gasteiger partial charge < -0.3 is 20.4 Å². The Hall–Kier alpha value is -3.94. The van der Waals surface area contributed by atoms with Gasteiger partial charge >= 0.3 is 12.2 Å². The molecule has 0 spiro atoms. The van der Waals surface area contributed by atoms with Crippen LogP contribution in [-0.2, 0) is 6.18 Å². The van der Waals surface area contributed by atoms with Crippen LogP contribution in [0, 0.1) is 0 Å². The standard InChI is InChI=1S/C26H24F3N3O2/c1-25(2,3)34-20-11-4-16(5-12-20)17-6-13-22-21(14-17)23(15-30-22)32-24(33)31-19-9-7-18(8-10-19)26(27,28)29/h4-15,30H,1-3H3,(H2,31,32,33). The summed E-state index contributed by atoms with van der Waals surface area (Å²) in [5.74, 6) is 0.779. The number of nitrogens with one attached hydrogen (secondary N) is 3. The van der Waals surface area contributed by atoms with Crippen molar-refractivity contribution in [3.63, 3.8) is 0 Å². The van der Waals surface area contributed by atoms with E-state index in [4.69, 9.17) is 4.74 Å². The molecule has 0 saturated heterocycles. The first-order valence-corrected chi connectivity index (χ1v) is 10.6. The first-order chi connectivity index (χ1) is 16.0. The van der Waals surface area contributed by atoms with E-state index in [1.807, 2.05) is 63.2 Å². The molecule has 0 fully saturated rings. The van der Waals surface area contributed by atoms with Crippen molar-refractivity contribution < 1.29 is 22.7 Å². The fourth-order valence-corrected chi connectivity index (χ4v) is 3.50. The van der Waals surface area contributed by atoms with Crippen LogP contribution in [0.4, 0.5) is 29.3 Å². The van der Waals surface area contributed by atoms with Gasteiger partial charge in [-0.2, -0.15) is 13.2 Å². The number of fused-ring (bicyclic) bond motifs is 1. The minimum absolute atomic E-state index is 0.253. The minimum atomic E-state index is -4.43. The van der Waals surface area contributed by atoms with Crippen molar-refractivity contribution in [2.45, 2.75) is 32.5 Å². The van der Waals surface area contributed by atoms with Crippen molar-refractivity contribution in [3.05, 3.63) is 78.5 Å². The Balaban J connectivity index is 1.49. The van der Waals surface area contributed by atoms with Gasteiger partial charge in [0.05, 0.1) is 11.3 Å². The van der Waals surface area contributed by atoms with E-state index >= 15 is 0 Å². The van der Waals surface area contributed by atoms with Crippen LogP contribution in [0.3, 0.4) is 0 Å². The van der Waals surface area contributed by atoms with E-state index in [1.165, 1.54) is 12.1 Å². The van der Waals surface area contributed by atoms with Gasteiger partial charge in [0, 0.05) is 22.8 Å². The molecule has 0 bridgehead atoms. The van der Waals surface area contributed by atoms with Gasteiger partial charge in [-0.15, -0.1) is 0 Å². The van der Waals surface area contributed by atoms with E-state index < -0.39 is 17.8 Å². The van der Waals surface area contributed by atoms with Gasteiger partial charge in [0.15, 0.2) is 0 Å². The van der Waals surface area contributed by atoms with Crippen molar-refractivity contribution in [1.29, 1.82) is 0 Å². The lowest BCUT2D eigenvalue weighted by Gasteiger charge is -2.21. The van der Waals surface area contributed by atoms with Gasteiger partial charge in [0.2, 0.25) is 0 Å². The normalized spacial score (nSPS) is 11.9. The number of ether oxygens (including phenoxy) is 1. The van der Waals surface area contributed by atoms with Crippen LogP contribution in [0.25, 0.3) is 22.0 Å². The molecular weight excluding hydrogens is 443 g/mol. The highest BCUT2D eigenvalue weighted by molar-refractivity contribution is 6.06. The highest BCUT2D eigenvalue weighted by Crippen LogP contribution is 2.32. The molecule has 176 valence electrons. The highest BCUT2D eigenvalue weighted by Gasteiger charge is 2.30. The highest BCUT2D eigenvalue weighted by atomic mass is 19.4. The molecule has 3 N–H and O–H groups in total. The summed E-state index contributed by atoms with van der Waals surface area (Å²) in [7, 11) is 0. The Morgan fingerprint density at radius 2 is 1.50 bits per heavy atom. The maximum atomic E-state index is 12.7. The van der Waals surface area contributed by atoms with Crippen LogP contribution in [-0.4, -0.2) is 16.6 Å². The van der Waals surface area contributed by atoms with Crippen molar-refractivity contribution >= 4 is 28.3 Å². The number of H-pyrrole nitrogens is 1. The summed E-state index contributed by atoms with van der Waals surface area (Å²) >= 11 is 0. The largest absolute Gasteiger partial charge is 0.488 e. The molecule has 0 radical (unpaired) electrons. The van der Waals surface area contributed by atoms with Crippen LogP contribution in [0.5, 0.6) is 5.75 Å². The molecule has 8 heteroatoms. The monoisotopic (exact) mass is 467 g/mol. The number of hydrogen-bond donors (Lipinski definition) is 3. The van der Waals surface area contributed by atoms with E-state index in [0.29, 0.717) is 5.69 Å². The van der Waals surface area contributed by atoms with Crippen molar-refractivity contribution in [3.8, 4) is 16.9 Å². The number of halogens is 3. The second-order valence-corrected chi connectivity index (χ2v) is 8.86. The van der Waals surface area contributed by atoms with E-state index in [9.17, 15) is 18.0 Å². The Labute approximate surface area is 194 Å². The molecule has 0 saturated carbocycles. The average Bonchev–Trinajstić information content (AvgIpc) is 3.15. The lowest BCUT2D eigenvalue weighted by Crippen LogP contribution is -2.22. The predicted molar refractivity (Wildman–Crippen MR) is 128 cm³/mol. The lowest BCUT2D eigenvalue weighted by atomic mass is 10.0. The summed E-state index contributed by atoms with van der Waals surface area (Å²) in [5, 5.41) is 6.10.